The van der Waals surface area contributed by atoms with Crippen LogP contribution in [-0.2, 0) is 16.1 Å². The van der Waals surface area contributed by atoms with Gasteiger partial charge in [0.15, 0.2) is 0 Å². The van der Waals surface area contributed by atoms with Crippen molar-refractivity contribution in [2.75, 3.05) is 13.6 Å². The van der Waals surface area contributed by atoms with E-state index in [4.69, 9.17) is 4.74 Å². The van der Waals surface area contributed by atoms with Crippen LogP contribution in [0.3, 0.4) is 0 Å². The van der Waals surface area contributed by atoms with Crippen LogP contribution in [-0.4, -0.2) is 46.8 Å². The Morgan fingerprint density at radius 2 is 1.89 bits per heavy atom. The Morgan fingerprint density at radius 1 is 1.22 bits per heavy atom. The van der Waals surface area contributed by atoms with Crippen LogP contribution in [0.1, 0.15) is 51.5 Å². The Hall–Kier alpha value is -2.04. The van der Waals surface area contributed by atoms with Gasteiger partial charge in [-0.2, -0.15) is 0 Å². The van der Waals surface area contributed by atoms with Crippen LogP contribution in [0.15, 0.2) is 24.3 Å². The average molecular weight is 370 g/mol. The standard InChI is InChI=1S/C22H30N2O3/c1-15-12-19(15)21(26)23(3)18-8-10-22(11-9-18)14-24(16(2)25)13-17-6-4-5-7-20(17)27-22/h4-7,15,18-19H,8-14H2,1-3H3. The summed E-state index contributed by atoms with van der Waals surface area (Å²) >= 11 is 0. The van der Waals surface area contributed by atoms with Gasteiger partial charge in [-0.15, -0.1) is 0 Å². The van der Waals surface area contributed by atoms with E-state index in [1.54, 1.807) is 6.92 Å². The molecule has 0 N–H and O–H groups in total. The van der Waals surface area contributed by atoms with Crippen molar-refractivity contribution in [2.24, 2.45) is 11.8 Å². The first-order valence-corrected chi connectivity index (χ1v) is 10.2. The summed E-state index contributed by atoms with van der Waals surface area (Å²) in [5, 5.41) is 0. The van der Waals surface area contributed by atoms with Gasteiger partial charge in [0.1, 0.15) is 11.4 Å². The number of fused-ring (bicyclic) bond motifs is 1. The predicted octanol–water partition coefficient (Wildman–Crippen LogP) is 3.22. The van der Waals surface area contributed by atoms with Gasteiger partial charge in [-0.05, 0) is 44.1 Å². The van der Waals surface area contributed by atoms with Gasteiger partial charge < -0.3 is 14.5 Å². The van der Waals surface area contributed by atoms with Crippen LogP contribution in [0.2, 0.25) is 0 Å². The lowest BCUT2D eigenvalue weighted by molar-refractivity contribution is -0.136. The number of para-hydroxylation sites is 1. The first-order chi connectivity index (χ1) is 12.9. The molecule has 3 aliphatic rings. The van der Waals surface area contributed by atoms with E-state index in [0.29, 0.717) is 24.9 Å². The molecule has 0 aromatic heterocycles. The van der Waals surface area contributed by atoms with Crippen LogP contribution in [0.4, 0.5) is 0 Å². The minimum absolute atomic E-state index is 0.0896. The summed E-state index contributed by atoms with van der Waals surface area (Å²) < 4.78 is 6.53. The van der Waals surface area contributed by atoms with E-state index in [0.717, 1.165) is 43.4 Å². The van der Waals surface area contributed by atoms with E-state index < -0.39 is 0 Å². The van der Waals surface area contributed by atoms with E-state index in [9.17, 15) is 9.59 Å². The third kappa shape index (κ3) is 3.56. The maximum absolute atomic E-state index is 12.6. The highest BCUT2D eigenvalue weighted by Gasteiger charge is 2.46. The second kappa shape index (κ2) is 6.84. The molecule has 2 atom stereocenters. The molecule has 1 spiro atoms. The van der Waals surface area contributed by atoms with Gasteiger partial charge in [-0.25, -0.2) is 0 Å². The normalized spacial score (nSPS) is 32.3. The monoisotopic (exact) mass is 370 g/mol. The molecule has 2 aliphatic carbocycles. The molecule has 2 saturated carbocycles. The SMILES string of the molecule is CC(=O)N1Cc2ccccc2OC2(CCC(N(C)C(=O)C3CC3C)CC2)C1. The van der Waals surface area contributed by atoms with Gasteiger partial charge in [0, 0.05) is 38.0 Å². The van der Waals surface area contributed by atoms with Gasteiger partial charge in [-0.3, -0.25) is 9.59 Å². The number of carbonyl (C=O) groups is 2. The minimum atomic E-state index is -0.342. The van der Waals surface area contributed by atoms with Crippen LogP contribution in [0, 0.1) is 11.8 Å². The average Bonchev–Trinajstić information content (AvgIpc) is 3.41. The number of carbonyl (C=O) groups excluding carboxylic acids is 2. The second-order valence-corrected chi connectivity index (χ2v) is 8.77. The Kier molecular flexibility index (Phi) is 4.65. The Labute approximate surface area is 161 Å². The summed E-state index contributed by atoms with van der Waals surface area (Å²) in [6, 6.07) is 8.32. The molecule has 1 heterocycles. The summed E-state index contributed by atoms with van der Waals surface area (Å²) in [6.07, 6.45) is 4.63. The molecule has 5 heteroatoms. The summed E-state index contributed by atoms with van der Waals surface area (Å²) in [5.74, 6) is 2.07. The molecular weight excluding hydrogens is 340 g/mol. The lowest BCUT2D eigenvalue weighted by Gasteiger charge is -2.43. The largest absolute Gasteiger partial charge is 0.485 e. The minimum Gasteiger partial charge on any atom is -0.485 e. The van der Waals surface area contributed by atoms with E-state index in [1.807, 2.05) is 41.1 Å². The maximum Gasteiger partial charge on any atom is 0.225 e. The Bertz CT molecular complexity index is 739. The van der Waals surface area contributed by atoms with Gasteiger partial charge in [0.25, 0.3) is 0 Å². The fraction of sp³-hybridized carbons (Fsp3) is 0.636. The van der Waals surface area contributed by atoms with Crippen molar-refractivity contribution in [3.63, 3.8) is 0 Å². The van der Waals surface area contributed by atoms with E-state index in [2.05, 4.69) is 6.92 Å². The van der Waals surface area contributed by atoms with Gasteiger partial charge in [-0.1, -0.05) is 25.1 Å². The molecular formula is C22H30N2O3. The first kappa shape index (κ1) is 18.3. The number of rotatable bonds is 2. The van der Waals surface area contributed by atoms with E-state index >= 15 is 0 Å². The molecule has 2 amide bonds. The molecule has 1 aliphatic heterocycles. The van der Waals surface area contributed by atoms with Crippen LogP contribution < -0.4 is 4.74 Å². The lowest BCUT2D eigenvalue weighted by Crippen LogP contribution is -2.52. The third-order valence-electron chi connectivity index (χ3n) is 6.77. The van der Waals surface area contributed by atoms with Crippen molar-refractivity contribution in [3.05, 3.63) is 29.8 Å². The molecule has 146 valence electrons. The molecule has 2 fully saturated rings. The highest BCUT2D eigenvalue weighted by atomic mass is 16.5. The molecule has 4 rings (SSSR count). The van der Waals surface area contributed by atoms with Crippen molar-refractivity contribution in [3.8, 4) is 5.75 Å². The number of nitrogens with zero attached hydrogens (tertiary/aromatic N) is 2. The molecule has 1 aromatic carbocycles. The van der Waals surface area contributed by atoms with Gasteiger partial charge in [0.2, 0.25) is 11.8 Å². The summed E-state index contributed by atoms with van der Waals surface area (Å²) in [6.45, 7) is 5.02. The fourth-order valence-corrected chi connectivity index (χ4v) is 4.72. The fourth-order valence-electron chi connectivity index (χ4n) is 4.72. The van der Waals surface area contributed by atoms with Crippen molar-refractivity contribution in [1.82, 2.24) is 9.80 Å². The van der Waals surface area contributed by atoms with E-state index in [1.165, 1.54) is 0 Å². The molecule has 27 heavy (non-hydrogen) atoms. The summed E-state index contributed by atoms with van der Waals surface area (Å²) in [4.78, 5) is 28.7. The van der Waals surface area contributed by atoms with E-state index in [-0.39, 0.29) is 23.5 Å². The molecule has 5 nitrogen and oxygen atoms in total. The van der Waals surface area contributed by atoms with Crippen molar-refractivity contribution in [2.45, 2.75) is 64.1 Å². The van der Waals surface area contributed by atoms with Gasteiger partial charge in [0.05, 0.1) is 6.54 Å². The quantitative estimate of drug-likeness (QED) is 0.803. The zero-order chi connectivity index (χ0) is 19.2. The van der Waals surface area contributed by atoms with Crippen LogP contribution in [0.5, 0.6) is 5.75 Å². The topological polar surface area (TPSA) is 49.9 Å². The third-order valence-corrected chi connectivity index (χ3v) is 6.77. The number of ether oxygens (including phenoxy) is 1. The first-order valence-electron chi connectivity index (χ1n) is 10.2. The molecule has 1 aromatic rings. The molecule has 0 radical (unpaired) electrons. The number of benzene rings is 1. The second-order valence-electron chi connectivity index (χ2n) is 8.77. The Morgan fingerprint density at radius 3 is 2.52 bits per heavy atom. The number of hydrogen-bond donors (Lipinski definition) is 0. The zero-order valence-electron chi connectivity index (χ0n) is 16.6. The highest BCUT2D eigenvalue weighted by Crippen LogP contribution is 2.42. The lowest BCUT2D eigenvalue weighted by atomic mass is 9.81. The smallest absolute Gasteiger partial charge is 0.225 e. The Balaban J connectivity index is 1.49. The molecule has 0 bridgehead atoms. The van der Waals surface area contributed by atoms with Crippen LogP contribution in [0.25, 0.3) is 0 Å². The van der Waals surface area contributed by atoms with Gasteiger partial charge >= 0.3 is 0 Å². The maximum atomic E-state index is 12.6. The highest BCUT2D eigenvalue weighted by molar-refractivity contribution is 5.81. The molecule has 2 unspecified atom stereocenters. The van der Waals surface area contributed by atoms with Crippen molar-refractivity contribution >= 4 is 11.8 Å². The van der Waals surface area contributed by atoms with Crippen molar-refractivity contribution < 1.29 is 14.3 Å². The van der Waals surface area contributed by atoms with Crippen LogP contribution >= 0.6 is 0 Å². The number of hydrogen-bond acceptors (Lipinski definition) is 3. The van der Waals surface area contributed by atoms with Crippen molar-refractivity contribution in [1.29, 1.82) is 0 Å². The predicted molar refractivity (Wildman–Crippen MR) is 103 cm³/mol. The summed E-state index contributed by atoms with van der Waals surface area (Å²) in [7, 11) is 1.96. The molecule has 0 saturated heterocycles. The number of amides is 2. The summed E-state index contributed by atoms with van der Waals surface area (Å²) in [5.41, 5.74) is 0.729. The zero-order valence-corrected chi connectivity index (χ0v) is 16.6.